The van der Waals surface area contributed by atoms with Gasteiger partial charge in [0.15, 0.2) is 0 Å². The first-order chi connectivity index (χ1) is 8.06. The van der Waals surface area contributed by atoms with Gasteiger partial charge < -0.3 is 15.6 Å². The van der Waals surface area contributed by atoms with Crippen LogP contribution < -0.4 is 11.1 Å². The van der Waals surface area contributed by atoms with Crippen LogP contribution in [0.1, 0.15) is 37.2 Å². The lowest BCUT2D eigenvalue weighted by atomic mass is 9.82. The van der Waals surface area contributed by atoms with Gasteiger partial charge in [-0.1, -0.05) is 13.8 Å². The van der Waals surface area contributed by atoms with E-state index in [1.54, 1.807) is 17.1 Å². The van der Waals surface area contributed by atoms with Crippen LogP contribution in [0, 0.1) is 5.41 Å². The highest BCUT2D eigenvalue weighted by Crippen LogP contribution is 2.23. The maximum Gasteiger partial charge on any atom is 0.271 e. The molecule has 0 aliphatic carbocycles. The van der Waals surface area contributed by atoms with E-state index in [1.165, 1.54) is 0 Å². The molecule has 1 rings (SSSR count). The van der Waals surface area contributed by atoms with E-state index < -0.39 is 0 Å². The van der Waals surface area contributed by atoms with Crippen LogP contribution in [0.2, 0.25) is 0 Å². The third kappa shape index (κ3) is 3.30. The second-order valence-corrected chi connectivity index (χ2v) is 4.52. The second kappa shape index (κ2) is 5.82. The molecule has 0 radical (unpaired) electrons. The van der Waals surface area contributed by atoms with Crippen LogP contribution in [-0.2, 0) is 7.05 Å². The Morgan fingerprint density at radius 3 is 2.59 bits per heavy atom. The lowest BCUT2D eigenvalue weighted by Crippen LogP contribution is -2.41. The summed E-state index contributed by atoms with van der Waals surface area (Å²) >= 11 is 0. The Morgan fingerprint density at radius 1 is 1.53 bits per heavy atom. The van der Waals surface area contributed by atoms with E-state index in [4.69, 9.17) is 5.73 Å². The van der Waals surface area contributed by atoms with E-state index >= 15 is 0 Å². The maximum absolute atomic E-state index is 11.8. The van der Waals surface area contributed by atoms with Gasteiger partial charge in [0.1, 0.15) is 5.69 Å². The van der Waals surface area contributed by atoms with Crippen molar-refractivity contribution in [3.8, 4) is 0 Å². The third-order valence-electron chi connectivity index (χ3n) is 3.49. The van der Waals surface area contributed by atoms with E-state index in [0.29, 0.717) is 18.8 Å². The summed E-state index contributed by atoms with van der Waals surface area (Å²) in [6, 6.07) is 0. The van der Waals surface area contributed by atoms with Crippen LogP contribution in [0.5, 0.6) is 0 Å². The molecule has 0 atom stereocenters. The number of aromatic nitrogens is 2. The molecule has 0 saturated carbocycles. The largest absolute Gasteiger partial charge is 0.350 e. The smallest absolute Gasteiger partial charge is 0.271 e. The summed E-state index contributed by atoms with van der Waals surface area (Å²) in [4.78, 5) is 15.8. The predicted molar refractivity (Wildman–Crippen MR) is 67.6 cm³/mol. The molecule has 0 fully saturated rings. The molecule has 17 heavy (non-hydrogen) atoms. The average Bonchev–Trinajstić information content (AvgIpc) is 2.78. The summed E-state index contributed by atoms with van der Waals surface area (Å²) in [6.45, 7) is 5.39. The van der Waals surface area contributed by atoms with Crippen LogP contribution in [0.3, 0.4) is 0 Å². The van der Waals surface area contributed by atoms with Crippen LogP contribution in [0.25, 0.3) is 0 Å². The van der Waals surface area contributed by atoms with Crippen molar-refractivity contribution in [2.24, 2.45) is 18.2 Å². The molecule has 1 aromatic heterocycles. The number of hydrogen-bond acceptors (Lipinski definition) is 3. The van der Waals surface area contributed by atoms with Crippen molar-refractivity contribution in [1.82, 2.24) is 14.9 Å². The summed E-state index contributed by atoms with van der Waals surface area (Å²) in [5.74, 6) is -0.134. The molecule has 0 aromatic carbocycles. The summed E-state index contributed by atoms with van der Waals surface area (Å²) in [5.41, 5.74) is 6.24. The summed E-state index contributed by atoms with van der Waals surface area (Å²) in [6.07, 6.45) is 5.24. The van der Waals surface area contributed by atoms with Crippen LogP contribution in [0.15, 0.2) is 12.5 Å². The highest BCUT2D eigenvalue weighted by Gasteiger charge is 2.25. The average molecular weight is 238 g/mol. The minimum Gasteiger partial charge on any atom is -0.350 e. The fourth-order valence-electron chi connectivity index (χ4n) is 1.75. The third-order valence-corrected chi connectivity index (χ3v) is 3.49. The molecule has 0 bridgehead atoms. The number of imidazole rings is 1. The summed E-state index contributed by atoms with van der Waals surface area (Å²) in [5, 5.41) is 2.91. The quantitative estimate of drug-likeness (QED) is 0.774. The Balaban J connectivity index is 2.58. The van der Waals surface area contributed by atoms with Gasteiger partial charge in [-0.3, -0.25) is 4.79 Å². The van der Waals surface area contributed by atoms with Gasteiger partial charge in [-0.25, -0.2) is 4.98 Å². The normalized spacial score (nSPS) is 11.5. The number of nitrogens with two attached hydrogens (primary N) is 1. The fourth-order valence-corrected chi connectivity index (χ4v) is 1.75. The molecule has 0 aliphatic heterocycles. The molecule has 3 N–H and O–H groups in total. The Labute approximate surface area is 102 Å². The molecule has 1 amide bonds. The molecule has 0 aliphatic rings. The lowest BCUT2D eigenvalue weighted by Gasteiger charge is -2.30. The molecule has 5 nitrogen and oxygen atoms in total. The van der Waals surface area contributed by atoms with Crippen molar-refractivity contribution in [3.05, 3.63) is 18.2 Å². The van der Waals surface area contributed by atoms with Crippen molar-refractivity contribution in [3.63, 3.8) is 0 Å². The zero-order valence-corrected chi connectivity index (χ0v) is 10.9. The predicted octanol–water partition coefficient (Wildman–Crippen LogP) is 0.915. The number of amides is 1. The van der Waals surface area contributed by atoms with E-state index in [2.05, 4.69) is 24.1 Å². The highest BCUT2D eigenvalue weighted by molar-refractivity contribution is 5.92. The number of carbonyl (C=O) groups excluding carboxylic acids is 1. The second-order valence-electron chi connectivity index (χ2n) is 4.52. The van der Waals surface area contributed by atoms with Crippen molar-refractivity contribution in [1.29, 1.82) is 0 Å². The van der Waals surface area contributed by atoms with Crippen molar-refractivity contribution < 1.29 is 4.79 Å². The van der Waals surface area contributed by atoms with Crippen LogP contribution in [-0.4, -0.2) is 28.5 Å². The molecule has 96 valence electrons. The van der Waals surface area contributed by atoms with Gasteiger partial charge in [-0.15, -0.1) is 0 Å². The van der Waals surface area contributed by atoms with Crippen molar-refractivity contribution in [2.45, 2.75) is 26.7 Å². The Bertz CT molecular complexity index is 360. The fraction of sp³-hybridized carbons (Fsp3) is 0.667. The summed E-state index contributed by atoms with van der Waals surface area (Å²) < 4.78 is 1.75. The standard InChI is InChI=1S/C12H22N4O/c1-4-12(5-2,7-13)8-14-11(17)10-6-16(3)9-15-10/h6,9H,4-5,7-8,13H2,1-3H3,(H,14,17). The van der Waals surface area contributed by atoms with Gasteiger partial charge >= 0.3 is 0 Å². The highest BCUT2D eigenvalue weighted by atomic mass is 16.1. The van der Waals surface area contributed by atoms with E-state index in [1.807, 2.05) is 7.05 Å². The molecule has 1 aromatic rings. The molecular formula is C12H22N4O. The molecular weight excluding hydrogens is 216 g/mol. The lowest BCUT2D eigenvalue weighted by molar-refractivity contribution is 0.0923. The SMILES string of the molecule is CCC(CC)(CN)CNC(=O)c1cn(C)cn1. The molecule has 0 spiro atoms. The van der Waals surface area contributed by atoms with Gasteiger partial charge in [0.25, 0.3) is 5.91 Å². The number of carbonyl (C=O) groups is 1. The maximum atomic E-state index is 11.8. The van der Waals surface area contributed by atoms with Gasteiger partial charge in [0.05, 0.1) is 6.33 Å². The zero-order valence-electron chi connectivity index (χ0n) is 10.9. The van der Waals surface area contributed by atoms with E-state index in [-0.39, 0.29) is 11.3 Å². The van der Waals surface area contributed by atoms with E-state index in [9.17, 15) is 4.79 Å². The van der Waals surface area contributed by atoms with Crippen molar-refractivity contribution in [2.75, 3.05) is 13.1 Å². The number of rotatable bonds is 6. The Kier molecular flexibility index (Phi) is 4.69. The number of nitrogens with zero attached hydrogens (tertiary/aromatic N) is 2. The first-order valence-corrected chi connectivity index (χ1v) is 6.03. The zero-order chi connectivity index (χ0) is 12.9. The molecule has 0 unspecified atom stereocenters. The molecule has 5 heteroatoms. The minimum absolute atomic E-state index is 0.00441. The molecule has 0 saturated heterocycles. The number of nitrogens with one attached hydrogen (secondary N) is 1. The monoisotopic (exact) mass is 238 g/mol. The minimum atomic E-state index is -0.134. The first-order valence-electron chi connectivity index (χ1n) is 6.03. The van der Waals surface area contributed by atoms with Crippen molar-refractivity contribution >= 4 is 5.91 Å². The van der Waals surface area contributed by atoms with Crippen LogP contribution >= 0.6 is 0 Å². The summed E-state index contributed by atoms with van der Waals surface area (Å²) in [7, 11) is 1.84. The number of aryl methyl sites for hydroxylation is 1. The van der Waals surface area contributed by atoms with Crippen LogP contribution in [0.4, 0.5) is 0 Å². The molecule has 1 heterocycles. The van der Waals surface area contributed by atoms with Gasteiger partial charge in [-0.2, -0.15) is 0 Å². The van der Waals surface area contributed by atoms with Gasteiger partial charge in [0, 0.05) is 19.8 Å². The van der Waals surface area contributed by atoms with Gasteiger partial charge in [0.2, 0.25) is 0 Å². The first kappa shape index (κ1) is 13.7. The van der Waals surface area contributed by atoms with E-state index in [0.717, 1.165) is 12.8 Å². The topological polar surface area (TPSA) is 72.9 Å². The van der Waals surface area contributed by atoms with Gasteiger partial charge in [-0.05, 0) is 24.8 Å². The number of hydrogen-bond donors (Lipinski definition) is 2. The Hall–Kier alpha value is -1.36. The Morgan fingerprint density at radius 2 is 2.18 bits per heavy atom.